The molecule has 17 heavy (non-hydrogen) atoms. The maximum atomic E-state index is 12.1. The highest BCUT2D eigenvalue weighted by molar-refractivity contribution is 5.93. The molecule has 0 fully saturated rings. The zero-order chi connectivity index (χ0) is 13.2. The quantitative estimate of drug-likeness (QED) is 0.729. The van der Waals surface area contributed by atoms with E-state index in [1.54, 1.807) is 0 Å². The lowest BCUT2D eigenvalue weighted by Gasteiger charge is -2.15. The third-order valence-electron chi connectivity index (χ3n) is 1.78. The lowest BCUT2D eigenvalue weighted by molar-refractivity contribution is -0.274. The summed E-state index contributed by atoms with van der Waals surface area (Å²) in [7, 11) is 0. The number of rotatable bonds is 3. The number of anilines is 1. The number of aromatic nitrogens is 1. The number of halogens is 3. The van der Waals surface area contributed by atoms with Crippen LogP contribution in [0.3, 0.4) is 0 Å². The number of nitrogens with zero attached hydrogens (tertiary/aromatic N) is 1. The van der Waals surface area contributed by atoms with Crippen molar-refractivity contribution in [3.05, 3.63) is 17.5 Å². The van der Waals surface area contributed by atoms with E-state index in [0.29, 0.717) is 0 Å². The molecule has 0 aliphatic carbocycles. The van der Waals surface area contributed by atoms with Gasteiger partial charge in [0.05, 0.1) is 0 Å². The molecule has 1 aromatic rings. The Kier molecular flexibility index (Phi) is 3.42. The predicted molar refractivity (Wildman–Crippen MR) is 50.2 cm³/mol. The molecule has 0 atom stereocenters. The first-order valence-corrected chi connectivity index (χ1v) is 4.22. The van der Waals surface area contributed by atoms with Crippen molar-refractivity contribution in [1.82, 2.24) is 4.98 Å². The molecule has 5 N–H and O–H groups in total. The molecule has 1 aromatic heterocycles. The van der Waals surface area contributed by atoms with Gasteiger partial charge in [0.25, 0.3) is 0 Å². The van der Waals surface area contributed by atoms with E-state index in [0.717, 1.165) is 6.20 Å². The average molecular weight is 251 g/mol. The molecule has 0 radical (unpaired) electrons. The molecule has 0 aliphatic heterocycles. The highest BCUT2D eigenvalue weighted by Gasteiger charge is 2.34. The molecule has 1 heterocycles. The van der Waals surface area contributed by atoms with Gasteiger partial charge in [0.2, 0.25) is 0 Å². The van der Waals surface area contributed by atoms with Crippen LogP contribution >= 0.6 is 0 Å². The van der Waals surface area contributed by atoms with Gasteiger partial charge >= 0.3 is 12.3 Å². The van der Waals surface area contributed by atoms with Crippen LogP contribution in [0.4, 0.5) is 18.9 Å². The minimum Gasteiger partial charge on any atom is -0.476 e. The van der Waals surface area contributed by atoms with Gasteiger partial charge in [-0.3, -0.25) is 0 Å². The van der Waals surface area contributed by atoms with Crippen LogP contribution in [0, 0.1) is 0 Å². The number of hydrogen-bond acceptors (Lipinski definition) is 5. The summed E-state index contributed by atoms with van der Waals surface area (Å²) in [6, 6.07) is 0. The number of nitrogens with two attached hydrogens (primary N) is 2. The molecular weight excluding hydrogens is 243 g/mol. The molecule has 94 valence electrons. The first-order chi connectivity index (χ1) is 7.76. The monoisotopic (exact) mass is 251 g/mol. The number of carboxylic acid groups (broad SMARTS) is 1. The molecular formula is C8H8F3N3O3. The summed E-state index contributed by atoms with van der Waals surface area (Å²) in [5.41, 5.74) is 8.85. The fourth-order valence-electron chi connectivity index (χ4n) is 1.10. The van der Waals surface area contributed by atoms with Crippen LogP contribution in [0.5, 0.6) is 5.75 Å². The van der Waals surface area contributed by atoms with Crippen molar-refractivity contribution in [3.63, 3.8) is 0 Å². The molecule has 6 nitrogen and oxygen atoms in total. The summed E-state index contributed by atoms with van der Waals surface area (Å²) < 4.78 is 39.9. The predicted octanol–water partition coefficient (Wildman–Crippen LogP) is 0.719. The van der Waals surface area contributed by atoms with E-state index in [-0.39, 0.29) is 12.1 Å². The molecule has 0 bridgehead atoms. The summed E-state index contributed by atoms with van der Waals surface area (Å²) in [5.74, 6) is -2.38. The lowest BCUT2D eigenvalue weighted by atomic mass is 10.2. The molecule has 0 saturated heterocycles. The van der Waals surface area contributed by atoms with Crippen LogP contribution in [0.1, 0.15) is 16.1 Å². The molecule has 0 aliphatic rings. The first kappa shape index (κ1) is 13.0. The van der Waals surface area contributed by atoms with Crippen LogP contribution in [0.15, 0.2) is 6.20 Å². The molecule has 0 saturated carbocycles. The minimum atomic E-state index is -4.99. The Morgan fingerprint density at radius 2 is 2.12 bits per heavy atom. The van der Waals surface area contributed by atoms with E-state index < -0.39 is 29.5 Å². The van der Waals surface area contributed by atoms with Gasteiger partial charge in [-0.05, 0) is 0 Å². The van der Waals surface area contributed by atoms with Gasteiger partial charge in [-0.25, -0.2) is 9.78 Å². The number of alkyl halides is 3. The number of aromatic carboxylic acids is 1. The third kappa shape index (κ3) is 2.97. The number of nitrogen functional groups attached to an aromatic ring is 1. The highest BCUT2D eigenvalue weighted by atomic mass is 19.4. The Balaban J connectivity index is 3.32. The molecule has 9 heteroatoms. The van der Waals surface area contributed by atoms with E-state index >= 15 is 0 Å². The maximum Gasteiger partial charge on any atom is 0.573 e. The van der Waals surface area contributed by atoms with E-state index in [9.17, 15) is 18.0 Å². The fraction of sp³-hybridized carbons (Fsp3) is 0.250. The lowest BCUT2D eigenvalue weighted by Crippen LogP contribution is -2.21. The van der Waals surface area contributed by atoms with Crippen molar-refractivity contribution in [3.8, 4) is 5.75 Å². The second-order valence-electron chi connectivity index (χ2n) is 2.93. The smallest absolute Gasteiger partial charge is 0.476 e. The van der Waals surface area contributed by atoms with E-state index in [2.05, 4.69) is 9.72 Å². The SMILES string of the molecule is NCc1cnc(C(=O)O)c(N)c1OC(F)(F)F. The van der Waals surface area contributed by atoms with Gasteiger partial charge in [-0.15, -0.1) is 13.2 Å². The second-order valence-corrected chi connectivity index (χ2v) is 2.93. The van der Waals surface area contributed by atoms with Crippen LogP contribution in [0.2, 0.25) is 0 Å². The van der Waals surface area contributed by atoms with Crippen LogP contribution < -0.4 is 16.2 Å². The molecule has 0 amide bonds. The molecule has 1 rings (SSSR count). The summed E-state index contributed by atoms with van der Waals surface area (Å²) in [5, 5.41) is 8.64. The zero-order valence-electron chi connectivity index (χ0n) is 8.28. The molecule has 0 spiro atoms. The highest BCUT2D eigenvalue weighted by Crippen LogP contribution is 2.33. The zero-order valence-corrected chi connectivity index (χ0v) is 8.28. The summed E-state index contributed by atoms with van der Waals surface area (Å²) >= 11 is 0. The van der Waals surface area contributed by atoms with Crippen molar-refractivity contribution in [2.75, 3.05) is 5.73 Å². The molecule has 0 unspecified atom stereocenters. The Labute approximate surface area is 93.0 Å². The van der Waals surface area contributed by atoms with Crippen LogP contribution in [-0.4, -0.2) is 22.4 Å². The topological polar surface area (TPSA) is 111 Å². The minimum absolute atomic E-state index is 0.134. The number of pyridine rings is 1. The normalized spacial score (nSPS) is 11.3. The fourth-order valence-corrected chi connectivity index (χ4v) is 1.10. The van der Waals surface area contributed by atoms with Gasteiger partial charge in [0, 0.05) is 18.3 Å². The van der Waals surface area contributed by atoms with Gasteiger partial charge in [0.1, 0.15) is 5.69 Å². The second kappa shape index (κ2) is 4.45. The average Bonchev–Trinajstić information content (AvgIpc) is 2.18. The van der Waals surface area contributed by atoms with Gasteiger partial charge < -0.3 is 21.3 Å². The summed E-state index contributed by atoms with van der Waals surface area (Å²) in [6.07, 6.45) is -4.12. The number of carboxylic acids is 1. The third-order valence-corrected chi connectivity index (χ3v) is 1.78. The van der Waals surface area contributed by atoms with Crippen molar-refractivity contribution in [2.45, 2.75) is 12.9 Å². The number of ether oxygens (including phenoxy) is 1. The Morgan fingerprint density at radius 1 is 1.53 bits per heavy atom. The molecule has 0 aromatic carbocycles. The van der Waals surface area contributed by atoms with E-state index in [4.69, 9.17) is 16.6 Å². The van der Waals surface area contributed by atoms with Gasteiger partial charge in [-0.1, -0.05) is 0 Å². The van der Waals surface area contributed by atoms with E-state index in [1.165, 1.54) is 0 Å². The van der Waals surface area contributed by atoms with Gasteiger partial charge in [-0.2, -0.15) is 0 Å². The van der Waals surface area contributed by atoms with Crippen LogP contribution in [0.25, 0.3) is 0 Å². The number of hydrogen-bond donors (Lipinski definition) is 3. The maximum absolute atomic E-state index is 12.1. The van der Waals surface area contributed by atoms with Crippen molar-refractivity contribution in [2.24, 2.45) is 5.73 Å². The van der Waals surface area contributed by atoms with Gasteiger partial charge in [0.15, 0.2) is 11.4 Å². The number of carbonyl (C=O) groups is 1. The standard InChI is InChI=1S/C8H8F3N3O3/c9-8(10,11)17-6-3(1-12)2-14-5(4(6)13)7(15)16/h2H,1,12-13H2,(H,15,16). The Bertz CT molecular complexity index is 448. The Morgan fingerprint density at radius 3 is 2.53 bits per heavy atom. The van der Waals surface area contributed by atoms with Crippen molar-refractivity contribution >= 4 is 11.7 Å². The van der Waals surface area contributed by atoms with Crippen molar-refractivity contribution < 1.29 is 27.8 Å². The van der Waals surface area contributed by atoms with E-state index in [1.807, 2.05) is 0 Å². The largest absolute Gasteiger partial charge is 0.573 e. The van der Waals surface area contributed by atoms with Crippen molar-refractivity contribution in [1.29, 1.82) is 0 Å². The summed E-state index contributed by atoms with van der Waals surface area (Å²) in [4.78, 5) is 14.0. The summed E-state index contributed by atoms with van der Waals surface area (Å²) in [6.45, 7) is -0.317. The van der Waals surface area contributed by atoms with Crippen LogP contribution in [-0.2, 0) is 6.54 Å². The first-order valence-electron chi connectivity index (χ1n) is 4.22. The Hall–Kier alpha value is -2.03.